The average Bonchev–Trinajstić information content (AvgIpc) is 2.16. The number of rotatable bonds is 3. The standard InChI is InChI=1S/C11H15BrO3S/c1-11(2,16(3,14)15)10(13)8-4-6-9(12)7-5-8/h4-7,10,13H,1-3H3. The summed E-state index contributed by atoms with van der Waals surface area (Å²) in [5.41, 5.74) is 0.596. The third kappa shape index (κ3) is 2.64. The molecule has 90 valence electrons. The fourth-order valence-electron chi connectivity index (χ4n) is 1.25. The highest BCUT2D eigenvalue weighted by Crippen LogP contribution is 2.32. The maximum absolute atomic E-state index is 11.6. The normalized spacial score (nSPS) is 14.8. The van der Waals surface area contributed by atoms with Crippen LogP contribution >= 0.6 is 15.9 Å². The number of aliphatic hydroxyl groups excluding tert-OH is 1. The molecule has 0 saturated heterocycles. The average molecular weight is 307 g/mol. The summed E-state index contributed by atoms with van der Waals surface area (Å²) >= 11 is 3.28. The Kier molecular flexibility index (Phi) is 3.82. The van der Waals surface area contributed by atoms with Crippen LogP contribution in [-0.2, 0) is 9.84 Å². The van der Waals surface area contributed by atoms with Gasteiger partial charge in [-0.3, -0.25) is 0 Å². The maximum atomic E-state index is 11.6. The molecular formula is C11H15BrO3S. The zero-order valence-corrected chi connectivity index (χ0v) is 11.8. The number of halogens is 1. The molecule has 1 aromatic rings. The van der Waals surface area contributed by atoms with Crippen molar-refractivity contribution in [1.29, 1.82) is 0 Å². The SMILES string of the molecule is CC(C)(C(O)c1ccc(Br)cc1)S(C)(=O)=O. The van der Waals surface area contributed by atoms with E-state index in [9.17, 15) is 13.5 Å². The molecule has 0 aliphatic heterocycles. The summed E-state index contributed by atoms with van der Waals surface area (Å²) in [6, 6.07) is 6.97. The van der Waals surface area contributed by atoms with Crippen molar-refractivity contribution < 1.29 is 13.5 Å². The first-order chi connectivity index (χ1) is 7.16. The highest BCUT2D eigenvalue weighted by Gasteiger charge is 2.38. The lowest BCUT2D eigenvalue weighted by Gasteiger charge is -2.28. The van der Waals surface area contributed by atoms with Gasteiger partial charge >= 0.3 is 0 Å². The van der Waals surface area contributed by atoms with Gasteiger partial charge in [0.05, 0.1) is 10.9 Å². The van der Waals surface area contributed by atoms with Crippen LogP contribution in [0.2, 0.25) is 0 Å². The minimum absolute atomic E-state index is 0.596. The molecule has 16 heavy (non-hydrogen) atoms. The van der Waals surface area contributed by atoms with Crippen LogP contribution in [0.3, 0.4) is 0 Å². The predicted molar refractivity (Wildman–Crippen MR) is 68.0 cm³/mol. The predicted octanol–water partition coefficient (Wildman–Crippen LogP) is 2.31. The Morgan fingerprint density at radius 2 is 1.69 bits per heavy atom. The number of benzene rings is 1. The van der Waals surface area contributed by atoms with E-state index < -0.39 is 20.7 Å². The molecule has 0 aromatic heterocycles. The Labute approximate surface area is 105 Å². The second-order valence-electron chi connectivity index (χ2n) is 4.33. The molecule has 1 atom stereocenters. The fourth-order valence-corrected chi connectivity index (χ4v) is 2.06. The second-order valence-corrected chi connectivity index (χ2v) is 7.84. The van der Waals surface area contributed by atoms with Crippen molar-refractivity contribution in [2.75, 3.05) is 6.26 Å². The van der Waals surface area contributed by atoms with Crippen LogP contribution in [0.15, 0.2) is 28.7 Å². The summed E-state index contributed by atoms with van der Waals surface area (Å²) in [5, 5.41) is 10.1. The molecular weight excluding hydrogens is 292 g/mol. The third-order valence-electron chi connectivity index (χ3n) is 2.80. The van der Waals surface area contributed by atoms with Gasteiger partial charge in [-0.25, -0.2) is 8.42 Å². The maximum Gasteiger partial charge on any atom is 0.155 e. The third-order valence-corrected chi connectivity index (χ3v) is 5.46. The monoisotopic (exact) mass is 306 g/mol. The zero-order valence-electron chi connectivity index (χ0n) is 9.44. The van der Waals surface area contributed by atoms with E-state index in [0.717, 1.165) is 10.7 Å². The van der Waals surface area contributed by atoms with Crippen molar-refractivity contribution in [3.05, 3.63) is 34.3 Å². The van der Waals surface area contributed by atoms with E-state index in [4.69, 9.17) is 0 Å². The van der Waals surface area contributed by atoms with Gasteiger partial charge in [0, 0.05) is 10.7 Å². The van der Waals surface area contributed by atoms with Crippen LogP contribution < -0.4 is 0 Å². The lowest BCUT2D eigenvalue weighted by Crippen LogP contribution is -2.37. The first kappa shape index (κ1) is 13.7. The molecule has 1 N–H and O–H groups in total. The Bertz CT molecular complexity index is 463. The summed E-state index contributed by atoms with van der Waals surface area (Å²) < 4.78 is 22.8. The van der Waals surface area contributed by atoms with Crippen molar-refractivity contribution in [2.24, 2.45) is 0 Å². The van der Waals surface area contributed by atoms with Crippen LogP contribution in [0.5, 0.6) is 0 Å². The molecule has 0 saturated carbocycles. The molecule has 0 spiro atoms. The van der Waals surface area contributed by atoms with Crippen molar-refractivity contribution in [3.8, 4) is 0 Å². The molecule has 5 heteroatoms. The van der Waals surface area contributed by atoms with Gasteiger partial charge < -0.3 is 5.11 Å². The van der Waals surface area contributed by atoms with E-state index in [2.05, 4.69) is 15.9 Å². The van der Waals surface area contributed by atoms with E-state index in [1.165, 1.54) is 13.8 Å². The molecule has 0 bridgehead atoms. The van der Waals surface area contributed by atoms with Crippen LogP contribution in [-0.4, -0.2) is 24.5 Å². The quantitative estimate of drug-likeness (QED) is 0.932. The van der Waals surface area contributed by atoms with E-state index >= 15 is 0 Å². The zero-order chi connectivity index (χ0) is 12.6. The Morgan fingerprint density at radius 1 is 1.25 bits per heavy atom. The van der Waals surface area contributed by atoms with Crippen LogP contribution in [0.1, 0.15) is 25.5 Å². The number of hydrogen-bond donors (Lipinski definition) is 1. The van der Waals surface area contributed by atoms with Crippen LogP contribution in [0.25, 0.3) is 0 Å². The Morgan fingerprint density at radius 3 is 2.06 bits per heavy atom. The summed E-state index contributed by atoms with van der Waals surface area (Å²) in [7, 11) is -3.32. The van der Waals surface area contributed by atoms with Gasteiger partial charge in [0.2, 0.25) is 0 Å². The van der Waals surface area contributed by atoms with E-state index in [0.29, 0.717) is 5.56 Å². The second kappa shape index (κ2) is 4.47. The summed E-state index contributed by atoms with van der Waals surface area (Å²) in [6.07, 6.45) is 0.102. The molecule has 0 radical (unpaired) electrons. The van der Waals surface area contributed by atoms with Crippen molar-refractivity contribution >= 4 is 25.8 Å². The first-order valence-corrected chi connectivity index (χ1v) is 7.48. The van der Waals surface area contributed by atoms with E-state index in [1.54, 1.807) is 24.3 Å². The topological polar surface area (TPSA) is 54.4 Å². The van der Waals surface area contributed by atoms with Gasteiger partial charge in [-0.2, -0.15) is 0 Å². The van der Waals surface area contributed by atoms with Crippen molar-refractivity contribution in [3.63, 3.8) is 0 Å². The lowest BCUT2D eigenvalue weighted by molar-refractivity contribution is 0.139. The summed E-state index contributed by atoms with van der Waals surface area (Å²) in [4.78, 5) is 0. The Hall–Kier alpha value is -0.390. The van der Waals surface area contributed by atoms with Gasteiger partial charge in [0.15, 0.2) is 9.84 Å². The van der Waals surface area contributed by atoms with Crippen LogP contribution in [0.4, 0.5) is 0 Å². The van der Waals surface area contributed by atoms with Crippen molar-refractivity contribution in [2.45, 2.75) is 24.7 Å². The highest BCUT2D eigenvalue weighted by molar-refractivity contribution is 9.10. The molecule has 1 unspecified atom stereocenters. The molecule has 1 aromatic carbocycles. The van der Waals surface area contributed by atoms with Crippen LogP contribution in [0, 0.1) is 0 Å². The number of hydrogen-bond acceptors (Lipinski definition) is 3. The van der Waals surface area contributed by atoms with Gasteiger partial charge in [0.1, 0.15) is 0 Å². The van der Waals surface area contributed by atoms with Gasteiger partial charge in [-0.1, -0.05) is 28.1 Å². The molecule has 0 aliphatic rings. The number of sulfone groups is 1. The fraction of sp³-hybridized carbons (Fsp3) is 0.455. The highest BCUT2D eigenvalue weighted by atomic mass is 79.9. The Balaban J connectivity index is 3.12. The minimum atomic E-state index is -3.32. The van der Waals surface area contributed by atoms with Gasteiger partial charge in [-0.15, -0.1) is 0 Å². The minimum Gasteiger partial charge on any atom is -0.387 e. The van der Waals surface area contributed by atoms with Gasteiger partial charge in [0.25, 0.3) is 0 Å². The first-order valence-electron chi connectivity index (χ1n) is 4.79. The summed E-state index contributed by atoms with van der Waals surface area (Å²) in [5.74, 6) is 0. The summed E-state index contributed by atoms with van der Waals surface area (Å²) in [6.45, 7) is 3.05. The van der Waals surface area contributed by atoms with E-state index in [-0.39, 0.29) is 0 Å². The molecule has 0 fully saturated rings. The number of aliphatic hydroxyl groups is 1. The van der Waals surface area contributed by atoms with E-state index in [1.807, 2.05) is 0 Å². The molecule has 0 heterocycles. The molecule has 0 aliphatic carbocycles. The molecule has 1 rings (SSSR count). The lowest BCUT2D eigenvalue weighted by atomic mass is 9.98. The molecule has 0 amide bonds. The largest absolute Gasteiger partial charge is 0.387 e. The van der Waals surface area contributed by atoms with Gasteiger partial charge in [-0.05, 0) is 31.5 Å². The molecule has 3 nitrogen and oxygen atoms in total. The smallest absolute Gasteiger partial charge is 0.155 e. The van der Waals surface area contributed by atoms with Crippen molar-refractivity contribution in [1.82, 2.24) is 0 Å².